The van der Waals surface area contributed by atoms with Crippen LogP contribution in [0.1, 0.15) is 0 Å². The fourth-order valence-corrected chi connectivity index (χ4v) is 11.8. The zero-order valence-electron chi connectivity index (χ0n) is 52.8. The Labute approximate surface area is 608 Å². The second-order valence-electron chi connectivity index (χ2n) is 22.6. The van der Waals surface area contributed by atoms with Gasteiger partial charge in [-0.2, -0.15) is 15.0 Å². The highest BCUT2D eigenvalue weighted by atomic mass is 19.2. The van der Waals surface area contributed by atoms with Gasteiger partial charge in [0.2, 0.25) is 0 Å². The van der Waals surface area contributed by atoms with Crippen molar-refractivity contribution in [3.05, 3.63) is 292 Å². The van der Waals surface area contributed by atoms with Crippen molar-refractivity contribution < 1.29 is 198 Å². The highest BCUT2D eigenvalue weighted by Crippen LogP contribution is 2.36. The molecule has 10 aromatic rings. The van der Waals surface area contributed by atoms with Gasteiger partial charge in [-0.25, -0.2) is 198 Å². The molecule has 10 rings (SSSR count). The van der Waals surface area contributed by atoms with E-state index in [1.807, 2.05) is 0 Å². The first kappa shape index (κ1) is 86.3. The first-order chi connectivity index (χ1) is 54.3. The van der Waals surface area contributed by atoms with Crippen molar-refractivity contribution in [1.29, 1.82) is 0 Å². The molecule has 0 aliphatic rings. The van der Waals surface area contributed by atoms with Gasteiger partial charge in [0.1, 0.15) is 123 Å². The van der Waals surface area contributed by atoms with Crippen molar-refractivity contribution in [2.24, 2.45) is 0 Å². The van der Waals surface area contributed by atoms with Crippen LogP contribution in [0.25, 0.3) is 30.2 Å². The Balaban J connectivity index is 1.42. The highest BCUT2D eigenvalue weighted by molar-refractivity contribution is 7.15. The van der Waals surface area contributed by atoms with Gasteiger partial charge in [0.15, 0.2) is 157 Å². The summed E-state index contributed by atoms with van der Waals surface area (Å²) < 4.78 is 711. The largest absolute Gasteiger partial charge is 0.587 e. The number of aromatic nitrogens is 3. The van der Waals surface area contributed by atoms with Crippen LogP contribution in [0.15, 0.2) is 0 Å². The molecule has 0 saturated carbocycles. The van der Waals surface area contributed by atoms with Crippen molar-refractivity contribution >= 4 is 85.9 Å². The van der Waals surface area contributed by atoms with E-state index >= 15 is 158 Å². The van der Waals surface area contributed by atoms with Crippen LogP contribution < -0.4 is 49.2 Å². The number of halogens is 45. The van der Waals surface area contributed by atoms with Gasteiger partial charge in [0, 0.05) is 0 Å². The van der Waals surface area contributed by atoms with Crippen LogP contribution in [0.5, 0.6) is 0 Å². The lowest BCUT2D eigenvalue weighted by molar-refractivity contribution is 0.379. The summed E-state index contributed by atoms with van der Waals surface area (Å²) in [5.41, 5.74) is -33.7. The molecule has 0 N–H and O–H groups in total. The predicted molar refractivity (Wildman–Crippen MR) is 301 cm³/mol. The maximum atomic E-state index is 16.4. The lowest BCUT2D eigenvalue weighted by atomic mass is 9.24. The second-order valence-corrected chi connectivity index (χ2v) is 22.6. The van der Waals surface area contributed by atoms with Crippen molar-refractivity contribution in [3.63, 3.8) is 0 Å². The smallest absolute Gasteiger partial charge is 0.266 e. The van der Waals surface area contributed by atoms with Crippen LogP contribution in [0, 0.1) is 280 Å². The maximum Gasteiger partial charge on any atom is 0.266 e. The summed E-state index contributed by atoms with van der Waals surface area (Å²) in [5.74, 6) is -180. The minimum absolute atomic E-state index is 0.406. The van der Waals surface area contributed by atoms with Crippen LogP contribution in [-0.4, -0.2) is 33.8 Å². The Morgan fingerprint density at radius 2 is 0.214 bits per heavy atom. The lowest BCUT2D eigenvalue weighted by Gasteiger charge is -2.38. The van der Waals surface area contributed by atoms with E-state index in [2.05, 4.69) is 45.2 Å². The monoisotopic (exact) mass is 1730 g/mol. The molecule has 0 bridgehead atoms. The predicted octanol–water partition coefficient (Wildman–Crippen LogP) is 15.0. The van der Waals surface area contributed by atoms with Crippen LogP contribution in [-0.2, 0) is 0 Å². The Morgan fingerprint density at radius 3 is 0.299 bits per heavy atom. The van der Waals surface area contributed by atoms with Crippen molar-refractivity contribution in [1.82, 2.24) is 15.0 Å². The molecule has 0 radical (unpaired) electrons. The fourth-order valence-electron chi connectivity index (χ4n) is 11.8. The third-order valence-corrected chi connectivity index (χ3v) is 16.8. The molecule has 1 aromatic heterocycles. The fraction of sp³-hybridized carbons (Fsp3) is 0. The van der Waals surface area contributed by atoms with Crippen molar-refractivity contribution in [3.8, 4) is 18.6 Å². The van der Waals surface area contributed by atoms with Gasteiger partial charge in [0.05, 0.1) is 0 Å². The standard InChI is InChI=1S/C60B3F45N9/c64-13-4(14(65)32(83)49(100)31(13)82)61(5-15(66)33(84)50(101)34(85)16(5)67,6-17(68)35(86)51(102)36(87)18(6)69)112-1-109-58-115-59(110-2-113-62(7-19(70)37(88)52(103)38(89)20(7)71,8-21(72)39(90)53(104)40(91)22(8)73)9-23(74)41(92)54(105)42(93)24(9)75)117-60(116-58)111-3-114-63(10-25(76)43(94)55(106)44(95)26(10)77,11-27(78)45(96)56(107)46(97)28(11)79)12-29(80)47(98)57(108)48(99)30(12)81/q-3. The topological polar surface area (TPSA) is 94.1 Å². The van der Waals surface area contributed by atoms with E-state index in [-0.39, 0.29) is 0 Å². The minimum Gasteiger partial charge on any atom is -0.587 e. The number of hydrogen-bond acceptors (Lipinski definition) is 3. The molecular formula is C60B3F45N9-3. The molecule has 0 atom stereocenters. The molecule has 57 heteroatoms. The third-order valence-electron chi connectivity index (χ3n) is 16.8. The van der Waals surface area contributed by atoms with Crippen LogP contribution >= 0.6 is 0 Å². The first-order valence-corrected chi connectivity index (χ1v) is 28.7. The molecule has 9 nitrogen and oxygen atoms in total. The summed E-state index contributed by atoms with van der Waals surface area (Å²) in [6.45, 7) is 0. The van der Waals surface area contributed by atoms with Gasteiger partial charge in [-0.15, -0.1) is 16.0 Å². The zero-order chi connectivity index (χ0) is 87.9. The summed E-state index contributed by atoms with van der Waals surface area (Å²) in [6, 6.07) is 0. The van der Waals surface area contributed by atoms with Crippen LogP contribution in [0.2, 0.25) is 0 Å². The average molecular weight is 1730 g/mol. The molecule has 9 aromatic carbocycles. The quantitative estimate of drug-likeness (QED) is 0.0401. The molecule has 0 spiro atoms. The van der Waals surface area contributed by atoms with Gasteiger partial charge in [-0.1, -0.05) is 49.2 Å². The molecule has 117 heavy (non-hydrogen) atoms. The van der Waals surface area contributed by atoms with Gasteiger partial charge in [-0.3, -0.25) is 0 Å². The minimum atomic E-state index is -7.39. The van der Waals surface area contributed by atoms with E-state index in [1.165, 1.54) is 0 Å². The Kier molecular flexibility index (Phi) is 22.3. The van der Waals surface area contributed by atoms with E-state index < -0.39 is 348 Å². The zero-order valence-corrected chi connectivity index (χ0v) is 52.8. The van der Waals surface area contributed by atoms with Gasteiger partial charge in [-0.05, 0) is 0 Å². The molecule has 0 fully saturated rings. The van der Waals surface area contributed by atoms with E-state index in [9.17, 15) is 39.5 Å². The molecule has 0 aliphatic carbocycles. The normalized spacial score (nSPS) is 11.8. The molecule has 0 aliphatic heterocycles. The van der Waals surface area contributed by atoms with Crippen LogP contribution in [0.4, 0.5) is 215 Å². The molecule has 0 saturated heterocycles. The number of benzene rings is 9. The van der Waals surface area contributed by atoms with Crippen molar-refractivity contribution in [2.45, 2.75) is 0 Å². The Hall–Kier alpha value is -13.1. The number of hydrogen-bond donors (Lipinski definition) is 0. The lowest BCUT2D eigenvalue weighted by Crippen LogP contribution is -2.71. The van der Waals surface area contributed by atoms with E-state index in [1.54, 1.807) is 0 Å². The third kappa shape index (κ3) is 12.5. The van der Waals surface area contributed by atoms with E-state index in [0.717, 1.165) is 0 Å². The van der Waals surface area contributed by atoms with E-state index in [4.69, 9.17) is 0 Å². The summed E-state index contributed by atoms with van der Waals surface area (Å²) in [7, 11) is 0. The maximum absolute atomic E-state index is 16.4. The second kappa shape index (κ2) is 30.3. The molecule has 1 heterocycles. The van der Waals surface area contributed by atoms with Crippen molar-refractivity contribution in [2.75, 3.05) is 0 Å². The molecule has 0 amide bonds. The number of rotatable bonds is 12. The molecule has 612 valence electrons. The van der Waals surface area contributed by atoms with E-state index in [0.29, 0.717) is 18.6 Å². The molecular weight excluding hydrogens is 1730 g/mol. The average Bonchev–Trinajstić information content (AvgIpc) is 0.709. The Bertz CT molecular complexity index is 4960. The van der Waals surface area contributed by atoms with Gasteiger partial charge >= 0.3 is 0 Å². The molecule has 0 unspecified atom stereocenters. The summed E-state index contributed by atoms with van der Waals surface area (Å²) in [5, 5.41) is 7.62. The van der Waals surface area contributed by atoms with Gasteiger partial charge in [0.25, 0.3) is 36.7 Å². The Morgan fingerprint density at radius 1 is 0.137 bits per heavy atom. The van der Waals surface area contributed by atoms with Crippen LogP contribution in [0.3, 0.4) is 0 Å². The van der Waals surface area contributed by atoms with Gasteiger partial charge < -0.3 is 14.3 Å². The highest BCUT2D eigenvalue weighted by Gasteiger charge is 2.54. The summed E-state index contributed by atoms with van der Waals surface area (Å²) in [4.78, 5) is 8.25. The SMILES string of the molecule is Fc1c(F)c(F)c([B-]([N+]#C[N-]c2nc([N-]C#[N+][B-](c3c(F)c(F)c(F)c(F)c3F)(c3c(F)c(F)c(F)c(F)c3F)c3c(F)c(F)c(F)c(F)c3F)nc([N-]C#[N+][B-](c3c(F)c(F)c(F)c(F)c3F)(c3c(F)c(F)c(F)c(F)c3F)c3c(F)c(F)c(F)c(F)c3F)n2)(c2c(F)c(F)c(F)c(F)c2F)c2c(F)c(F)c(F)c(F)c2F)c(F)c1F. The summed E-state index contributed by atoms with van der Waals surface area (Å²) >= 11 is 0. The first-order valence-electron chi connectivity index (χ1n) is 28.7. The number of nitrogens with zero attached hydrogens (tertiary/aromatic N) is 9. The summed E-state index contributed by atoms with van der Waals surface area (Å²) in [6.07, 6.45) is -21.0.